The summed E-state index contributed by atoms with van der Waals surface area (Å²) < 4.78 is 28.1. The fraction of sp³-hybridized carbons (Fsp3) is 0.160. The van der Waals surface area contributed by atoms with E-state index in [1.54, 1.807) is 37.3 Å². The molecule has 2 N–H and O–H groups in total. The standard InChI is InChI=1S/C25H23ClN2O6S/c1-16-22(26)7-4-8-23(16)28(35(33,34)21-11-9-19(10-12-21)17(2)29)15-24(30)27-14-18-5-3-6-20(13-18)25(31)32/h3-13H,14-15H2,1-2H3,(H,27,30)(H,31,32). The first-order valence-corrected chi connectivity index (χ1v) is 12.3. The van der Waals surface area contributed by atoms with Crippen LogP contribution < -0.4 is 9.62 Å². The maximum Gasteiger partial charge on any atom is 0.335 e. The molecule has 3 aromatic carbocycles. The summed E-state index contributed by atoms with van der Waals surface area (Å²) in [5, 5.41) is 12.1. The third-order valence-corrected chi connectivity index (χ3v) is 7.49. The Kier molecular flexibility index (Phi) is 7.93. The molecule has 0 spiro atoms. The molecule has 3 rings (SSSR count). The fourth-order valence-electron chi connectivity index (χ4n) is 3.36. The highest BCUT2D eigenvalue weighted by Crippen LogP contribution is 2.31. The summed E-state index contributed by atoms with van der Waals surface area (Å²) in [6.45, 7) is 2.49. The minimum absolute atomic E-state index is 0.00960. The maximum atomic E-state index is 13.6. The maximum absolute atomic E-state index is 13.6. The van der Waals surface area contributed by atoms with E-state index in [9.17, 15) is 22.8 Å². The molecule has 0 aliphatic carbocycles. The number of carboxylic acids is 1. The average Bonchev–Trinajstić information content (AvgIpc) is 2.83. The number of nitrogens with one attached hydrogen (secondary N) is 1. The van der Waals surface area contributed by atoms with Crippen molar-refractivity contribution in [3.63, 3.8) is 0 Å². The van der Waals surface area contributed by atoms with Gasteiger partial charge in [0.1, 0.15) is 6.54 Å². The fourth-order valence-corrected chi connectivity index (χ4v) is 5.00. The number of hydrogen-bond acceptors (Lipinski definition) is 5. The summed E-state index contributed by atoms with van der Waals surface area (Å²) in [4.78, 5) is 35.5. The number of amides is 1. The van der Waals surface area contributed by atoms with Gasteiger partial charge in [-0.3, -0.25) is 13.9 Å². The minimum Gasteiger partial charge on any atom is -0.478 e. The van der Waals surface area contributed by atoms with Crippen LogP contribution in [0.4, 0.5) is 5.69 Å². The molecule has 0 saturated heterocycles. The van der Waals surface area contributed by atoms with E-state index in [-0.39, 0.29) is 28.5 Å². The van der Waals surface area contributed by atoms with E-state index in [4.69, 9.17) is 16.7 Å². The molecular weight excluding hydrogens is 492 g/mol. The van der Waals surface area contributed by atoms with Crippen molar-refractivity contribution in [3.8, 4) is 0 Å². The molecule has 0 bridgehead atoms. The van der Waals surface area contributed by atoms with E-state index in [0.29, 0.717) is 21.7 Å². The predicted octanol–water partition coefficient (Wildman–Crippen LogP) is 4.06. The van der Waals surface area contributed by atoms with Crippen molar-refractivity contribution in [1.82, 2.24) is 5.32 Å². The van der Waals surface area contributed by atoms with Crippen LogP contribution in [0.1, 0.15) is 38.8 Å². The topological polar surface area (TPSA) is 121 Å². The number of hydrogen-bond donors (Lipinski definition) is 2. The van der Waals surface area contributed by atoms with Crippen LogP contribution in [0.25, 0.3) is 0 Å². The first kappa shape index (κ1) is 25.9. The first-order valence-electron chi connectivity index (χ1n) is 10.5. The van der Waals surface area contributed by atoms with Gasteiger partial charge in [0.2, 0.25) is 5.91 Å². The van der Waals surface area contributed by atoms with Crippen LogP contribution in [0.2, 0.25) is 5.02 Å². The predicted molar refractivity (Wildman–Crippen MR) is 132 cm³/mol. The van der Waals surface area contributed by atoms with E-state index >= 15 is 0 Å². The van der Waals surface area contributed by atoms with Crippen molar-refractivity contribution < 1.29 is 27.9 Å². The lowest BCUT2D eigenvalue weighted by molar-refractivity contribution is -0.119. The number of carbonyl (C=O) groups excluding carboxylic acids is 2. The SMILES string of the molecule is CC(=O)c1ccc(S(=O)(=O)N(CC(=O)NCc2cccc(C(=O)O)c2)c2cccc(Cl)c2C)cc1. The molecule has 0 fully saturated rings. The highest BCUT2D eigenvalue weighted by molar-refractivity contribution is 7.92. The molecule has 0 aromatic heterocycles. The van der Waals surface area contributed by atoms with Crippen LogP contribution in [0.5, 0.6) is 0 Å². The largest absolute Gasteiger partial charge is 0.478 e. The number of Topliss-reactive ketones (excluding diaryl/α,β-unsaturated/α-hetero) is 1. The van der Waals surface area contributed by atoms with Crippen molar-refractivity contribution in [3.05, 3.63) is 94.0 Å². The lowest BCUT2D eigenvalue weighted by Crippen LogP contribution is -2.41. The molecule has 0 atom stereocenters. The number of halogens is 1. The van der Waals surface area contributed by atoms with Gasteiger partial charge in [0.25, 0.3) is 10.0 Å². The normalized spacial score (nSPS) is 11.1. The van der Waals surface area contributed by atoms with E-state index in [1.165, 1.54) is 43.3 Å². The van der Waals surface area contributed by atoms with Crippen LogP contribution >= 0.6 is 11.6 Å². The van der Waals surface area contributed by atoms with Crippen molar-refractivity contribution in [1.29, 1.82) is 0 Å². The molecular formula is C25H23ClN2O6S. The summed E-state index contributed by atoms with van der Waals surface area (Å²) in [6.07, 6.45) is 0. The molecule has 35 heavy (non-hydrogen) atoms. The van der Waals surface area contributed by atoms with Gasteiger partial charge in [-0.2, -0.15) is 0 Å². The molecule has 8 nitrogen and oxygen atoms in total. The zero-order valence-electron chi connectivity index (χ0n) is 19.0. The lowest BCUT2D eigenvalue weighted by atomic mass is 10.1. The number of carboxylic acid groups (broad SMARTS) is 1. The summed E-state index contributed by atoms with van der Waals surface area (Å²) in [5.74, 6) is -1.90. The van der Waals surface area contributed by atoms with Crippen LogP contribution in [-0.2, 0) is 21.4 Å². The number of anilines is 1. The number of rotatable bonds is 9. The zero-order chi connectivity index (χ0) is 25.8. The van der Waals surface area contributed by atoms with Gasteiger partial charge in [0.15, 0.2) is 5.78 Å². The molecule has 0 saturated carbocycles. The van der Waals surface area contributed by atoms with Crippen molar-refractivity contribution in [2.45, 2.75) is 25.3 Å². The van der Waals surface area contributed by atoms with Gasteiger partial charge in [-0.1, -0.05) is 41.9 Å². The van der Waals surface area contributed by atoms with Crippen LogP contribution in [0.3, 0.4) is 0 Å². The molecule has 1 amide bonds. The number of ketones is 1. The number of sulfonamides is 1. The quantitative estimate of drug-likeness (QED) is 0.415. The van der Waals surface area contributed by atoms with E-state index in [0.717, 1.165) is 4.31 Å². The average molecular weight is 515 g/mol. The highest BCUT2D eigenvalue weighted by atomic mass is 35.5. The minimum atomic E-state index is -4.21. The molecule has 0 unspecified atom stereocenters. The second kappa shape index (κ2) is 10.7. The second-order valence-electron chi connectivity index (χ2n) is 7.76. The van der Waals surface area contributed by atoms with Crippen LogP contribution in [0.15, 0.2) is 71.6 Å². The van der Waals surface area contributed by atoms with Crippen LogP contribution in [-0.4, -0.2) is 37.7 Å². The lowest BCUT2D eigenvalue weighted by Gasteiger charge is -2.26. The van der Waals surface area contributed by atoms with Gasteiger partial charge in [-0.05, 0) is 61.4 Å². The monoisotopic (exact) mass is 514 g/mol. The Hall–Kier alpha value is -3.69. The van der Waals surface area contributed by atoms with E-state index < -0.39 is 28.4 Å². The third kappa shape index (κ3) is 6.06. The van der Waals surface area contributed by atoms with Gasteiger partial charge in [-0.15, -0.1) is 0 Å². The summed E-state index contributed by atoms with van der Waals surface area (Å²) in [7, 11) is -4.21. The first-order chi connectivity index (χ1) is 16.5. The van der Waals surface area contributed by atoms with E-state index in [2.05, 4.69) is 5.32 Å². The van der Waals surface area contributed by atoms with Gasteiger partial charge in [0, 0.05) is 17.1 Å². The summed E-state index contributed by atoms with van der Waals surface area (Å²) >= 11 is 6.22. The molecule has 0 aliphatic heterocycles. The van der Waals surface area contributed by atoms with Crippen LogP contribution in [0, 0.1) is 6.92 Å². The Labute approximate surface area is 208 Å². The molecule has 3 aromatic rings. The van der Waals surface area contributed by atoms with Gasteiger partial charge < -0.3 is 10.4 Å². The van der Waals surface area contributed by atoms with Crippen molar-refractivity contribution >= 4 is 45.0 Å². The van der Waals surface area contributed by atoms with Crippen molar-refractivity contribution in [2.75, 3.05) is 10.8 Å². The molecule has 0 radical (unpaired) electrons. The summed E-state index contributed by atoms with van der Waals surface area (Å²) in [5.41, 5.74) is 1.68. The molecule has 182 valence electrons. The molecule has 10 heteroatoms. The second-order valence-corrected chi connectivity index (χ2v) is 10.0. The summed E-state index contributed by atoms with van der Waals surface area (Å²) in [6, 6.07) is 16.3. The Balaban J connectivity index is 1.91. The number of nitrogens with zero attached hydrogens (tertiary/aromatic N) is 1. The number of benzene rings is 3. The van der Waals surface area contributed by atoms with Gasteiger partial charge >= 0.3 is 5.97 Å². The zero-order valence-corrected chi connectivity index (χ0v) is 20.6. The Bertz CT molecular complexity index is 1390. The van der Waals surface area contributed by atoms with E-state index in [1.807, 2.05) is 0 Å². The Morgan fingerprint density at radius 3 is 2.26 bits per heavy atom. The number of carbonyl (C=O) groups is 3. The third-order valence-electron chi connectivity index (χ3n) is 5.31. The van der Waals surface area contributed by atoms with Gasteiger partial charge in [-0.25, -0.2) is 13.2 Å². The highest BCUT2D eigenvalue weighted by Gasteiger charge is 2.29. The smallest absolute Gasteiger partial charge is 0.335 e. The van der Waals surface area contributed by atoms with Crippen molar-refractivity contribution in [2.24, 2.45) is 0 Å². The Morgan fingerprint density at radius 2 is 1.63 bits per heavy atom. The molecule has 0 aliphatic rings. The van der Waals surface area contributed by atoms with Gasteiger partial charge in [0.05, 0.1) is 16.1 Å². The molecule has 0 heterocycles. The Morgan fingerprint density at radius 1 is 0.971 bits per heavy atom. The number of aromatic carboxylic acids is 1.